The van der Waals surface area contributed by atoms with Crippen LogP contribution in [0.1, 0.15) is 45.4 Å². The van der Waals surface area contributed by atoms with E-state index in [1.165, 1.54) is 25.7 Å². The number of nitrogens with zero attached hydrogens (tertiary/aromatic N) is 1. The Balaban J connectivity index is 1.70. The van der Waals surface area contributed by atoms with Crippen molar-refractivity contribution in [2.24, 2.45) is 5.92 Å². The molecular formula is C13H24N2O. The summed E-state index contributed by atoms with van der Waals surface area (Å²) in [6.45, 7) is 4.89. The lowest BCUT2D eigenvalue weighted by Crippen LogP contribution is -2.51. The summed E-state index contributed by atoms with van der Waals surface area (Å²) < 4.78 is 0. The fraction of sp³-hybridized carbons (Fsp3) is 0.923. The third-order valence-corrected chi connectivity index (χ3v) is 3.96. The normalized spacial score (nSPS) is 27.3. The Morgan fingerprint density at radius 3 is 2.81 bits per heavy atom. The largest absolute Gasteiger partial charge is 0.340 e. The topological polar surface area (TPSA) is 32.3 Å². The minimum atomic E-state index is 0.375. The van der Waals surface area contributed by atoms with Gasteiger partial charge in [0.15, 0.2) is 0 Å². The first-order valence-electron chi connectivity index (χ1n) is 6.77. The predicted molar refractivity (Wildman–Crippen MR) is 65.2 cm³/mol. The molecule has 1 amide bonds. The molecule has 2 aliphatic rings. The Kier molecular flexibility index (Phi) is 4.22. The van der Waals surface area contributed by atoms with Crippen LogP contribution in [-0.4, -0.2) is 36.5 Å². The molecule has 1 heterocycles. The van der Waals surface area contributed by atoms with Crippen LogP contribution in [0.2, 0.25) is 0 Å². The van der Waals surface area contributed by atoms with Crippen LogP contribution in [-0.2, 0) is 4.79 Å². The molecular weight excluding hydrogens is 200 g/mol. The van der Waals surface area contributed by atoms with E-state index in [9.17, 15) is 4.79 Å². The van der Waals surface area contributed by atoms with E-state index >= 15 is 0 Å². The molecule has 2 rings (SSSR count). The fourth-order valence-electron chi connectivity index (χ4n) is 2.94. The summed E-state index contributed by atoms with van der Waals surface area (Å²) in [5.74, 6) is 1.21. The van der Waals surface area contributed by atoms with Crippen molar-refractivity contribution < 1.29 is 4.79 Å². The van der Waals surface area contributed by atoms with Gasteiger partial charge >= 0.3 is 0 Å². The second-order valence-electron chi connectivity index (χ2n) is 5.38. The second-order valence-corrected chi connectivity index (χ2v) is 5.38. The fourth-order valence-corrected chi connectivity index (χ4v) is 2.94. The van der Waals surface area contributed by atoms with Crippen LogP contribution < -0.4 is 5.32 Å². The van der Waals surface area contributed by atoms with Gasteiger partial charge in [0.05, 0.1) is 0 Å². The maximum absolute atomic E-state index is 12.0. The SMILES string of the molecule is C[C@H]1CN(C(=O)CCC2CCCC2)CCN1. The molecule has 2 fully saturated rings. The smallest absolute Gasteiger partial charge is 0.222 e. The van der Waals surface area contributed by atoms with Gasteiger partial charge in [0.25, 0.3) is 0 Å². The third kappa shape index (κ3) is 3.21. The lowest BCUT2D eigenvalue weighted by molar-refractivity contribution is -0.132. The lowest BCUT2D eigenvalue weighted by Gasteiger charge is -2.32. The summed E-state index contributed by atoms with van der Waals surface area (Å²) in [7, 11) is 0. The molecule has 3 heteroatoms. The Hall–Kier alpha value is -0.570. The molecule has 1 N–H and O–H groups in total. The first-order chi connectivity index (χ1) is 7.75. The molecule has 0 spiro atoms. The van der Waals surface area contributed by atoms with Gasteiger partial charge < -0.3 is 10.2 Å². The van der Waals surface area contributed by atoms with Gasteiger partial charge in [-0.15, -0.1) is 0 Å². The average molecular weight is 224 g/mol. The number of hydrogen-bond acceptors (Lipinski definition) is 2. The van der Waals surface area contributed by atoms with E-state index in [0.717, 1.165) is 38.4 Å². The maximum Gasteiger partial charge on any atom is 0.222 e. The lowest BCUT2D eigenvalue weighted by atomic mass is 10.0. The van der Waals surface area contributed by atoms with Gasteiger partial charge in [-0.1, -0.05) is 25.7 Å². The van der Waals surface area contributed by atoms with E-state index in [0.29, 0.717) is 11.9 Å². The number of rotatable bonds is 3. The first kappa shape index (κ1) is 11.9. The molecule has 16 heavy (non-hydrogen) atoms. The number of carbonyl (C=O) groups is 1. The molecule has 92 valence electrons. The van der Waals surface area contributed by atoms with Gasteiger partial charge in [-0.05, 0) is 19.3 Å². The van der Waals surface area contributed by atoms with E-state index < -0.39 is 0 Å². The van der Waals surface area contributed by atoms with Crippen LogP contribution in [0.3, 0.4) is 0 Å². The molecule has 1 saturated carbocycles. The monoisotopic (exact) mass is 224 g/mol. The number of nitrogens with one attached hydrogen (secondary N) is 1. The zero-order chi connectivity index (χ0) is 11.4. The first-order valence-corrected chi connectivity index (χ1v) is 6.77. The Bertz CT molecular complexity index is 236. The molecule has 0 radical (unpaired) electrons. The third-order valence-electron chi connectivity index (χ3n) is 3.96. The maximum atomic E-state index is 12.0. The summed E-state index contributed by atoms with van der Waals surface area (Å²) in [5, 5.41) is 3.37. The molecule has 0 unspecified atom stereocenters. The van der Waals surface area contributed by atoms with Gasteiger partial charge in [-0.2, -0.15) is 0 Å². The minimum Gasteiger partial charge on any atom is -0.340 e. The van der Waals surface area contributed by atoms with Crippen molar-refractivity contribution in [2.45, 2.75) is 51.5 Å². The van der Waals surface area contributed by atoms with Crippen molar-refractivity contribution >= 4 is 5.91 Å². The molecule has 0 aromatic carbocycles. The number of piperazine rings is 1. The van der Waals surface area contributed by atoms with E-state index in [2.05, 4.69) is 12.2 Å². The van der Waals surface area contributed by atoms with Crippen molar-refractivity contribution in [1.29, 1.82) is 0 Å². The van der Waals surface area contributed by atoms with Crippen LogP contribution in [0.25, 0.3) is 0 Å². The van der Waals surface area contributed by atoms with E-state index in [4.69, 9.17) is 0 Å². The zero-order valence-electron chi connectivity index (χ0n) is 10.4. The molecule has 1 saturated heterocycles. The van der Waals surface area contributed by atoms with Crippen molar-refractivity contribution in [1.82, 2.24) is 10.2 Å². The van der Waals surface area contributed by atoms with Crippen LogP contribution in [0.5, 0.6) is 0 Å². The number of hydrogen-bond donors (Lipinski definition) is 1. The average Bonchev–Trinajstić information content (AvgIpc) is 2.78. The van der Waals surface area contributed by atoms with Crippen LogP contribution in [0.4, 0.5) is 0 Å². The van der Waals surface area contributed by atoms with Gasteiger partial charge in [0.1, 0.15) is 0 Å². The van der Waals surface area contributed by atoms with E-state index in [1.807, 2.05) is 4.90 Å². The van der Waals surface area contributed by atoms with Gasteiger partial charge in [0.2, 0.25) is 5.91 Å². The minimum absolute atomic E-state index is 0.375. The summed E-state index contributed by atoms with van der Waals surface area (Å²) in [6, 6.07) is 0.462. The second kappa shape index (κ2) is 5.67. The standard InChI is InChI=1S/C13H24N2O/c1-11-10-15(9-8-14-11)13(16)7-6-12-4-2-3-5-12/h11-12,14H,2-10H2,1H3/t11-/m0/s1. The highest BCUT2D eigenvalue weighted by Gasteiger charge is 2.22. The van der Waals surface area contributed by atoms with Gasteiger partial charge in [-0.3, -0.25) is 4.79 Å². The van der Waals surface area contributed by atoms with Crippen LogP contribution in [0.15, 0.2) is 0 Å². The Morgan fingerprint density at radius 2 is 2.12 bits per heavy atom. The highest BCUT2D eigenvalue weighted by atomic mass is 16.2. The van der Waals surface area contributed by atoms with Crippen molar-refractivity contribution in [3.63, 3.8) is 0 Å². The Labute approximate surface area is 98.6 Å². The molecule has 1 atom stereocenters. The van der Waals surface area contributed by atoms with E-state index in [1.54, 1.807) is 0 Å². The summed E-state index contributed by atoms with van der Waals surface area (Å²) in [4.78, 5) is 14.0. The van der Waals surface area contributed by atoms with E-state index in [-0.39, 0.29) is 0 Å². The molecule has 0 aromatic heterocycles. The number of amides is 1. The highest BCUT2D eigenvalue weighted by molar-refractivity contribution is 5.76. The molecule has 1 aliphatic carbocycles. The molecule has 1 aliphatic heterocycles. The van der Waals surface area contributed by atoms with Crippen molar-refractivity contribution in [2.75, 3.05) is 19.6 Å². The van der Waals surface area contributed by atoms with Crippen LogP contribution >= 0.6 is 0 Å². The zero-order valence-corrected chi connectivity index (χ0v) is 10.4. The van der Waals surface area contributed by atoms with Crippen LogP contribution in [0, 0.1) is 5.92 Å². The number of carbonyl (C=O) groups excluding carboxylic acids is 1. The predicted octanol–water partition coefficient (Wildman–Crippen LogP) is 1.78. The quantitative estimate of drug-likeness (QED) is 0.792. The summed E-state index contributed by atoms with van der Waals surface area (Å²) >= 11 is 0. The molecule has 0 aromatic rings. The summed E-state index contributed by atoms with van der Waals surface area (Å²) in [6.07, 6.45) is 7.36. The summed E-state index contributed by atoms with van der Waals surface area (Å²) in [5.41, 5.74) is 0. The van der Waals surface area contributed by atoms with Crippen molar-refractivity contribution in [3.8, 4) is 0 Å². The van der Waals surface area contributed by atoms with Gasteiger partial charge in [0, 0.05) is 32.1 Å². The highest BCUT2D eigenvalue weighted by Crippen LogP contribution is 2.28. The molecule has 0 bridgehead atoms. The molecule has 3 nitrogen and oxygen atoms in total. The Morgan fingerprint density at radius 1 is 1.38 bits per heavy atom. The van der Waals surface area contributed by atoms with Crippen molar-refractivity contribution in [3.05, 3.63) is 0 Å². The van der Waals surface area contributed by atoms with Gasteiger partial charge in [-0.25, -0.2) is 0 Å².